The molecule has 140 valence electrons. The Kier molecular flexibility index (Phi) is 26.0. The Morgan fingerprint density at radius 2 is 1.62 bits per heavy atom. The molecule has 0 unspecified atom stereocenters. The Hall–Kier alpha value is 0.260. The molecule has 12 nitrogen and oxygen atoms in total. The normalized spacial score (nSPS) is 11.4. The van der Waals surface area contributed by atoms with Gasteiger partial charge in [0.25, 0.3) is 0 Å². The number of carboxylic acid groups (broad SMARTS) is 2. The molecule has 16 heteroatoms. The molecule has 0 rings (SSSR count). The van der Waals surface area contributed by atoms with Crippen LogP contribution < -0.4 is 75.5 Å². The summed E-state index contributed by atoms with van der Waals surface area (Å²) in [4.78, 5) is 43.7. The molecule has 26 heavy (non-hydrogen) atoms. The zero-order valence-corrected chi connectivity index (χ0v) is 19.9. The van der Waals surface area contributed by atoms with Gasteiger partial charge in [-0.1, -0.05) is 0 Å². The maximum atomic E-state index is 11.5. The minimum Gasteiger partial charge on any atom is -0.784 e. The predicted molar refractivity (Wildman–Crippen MR) is 81.0 cm³/mol. The smallest absolute Gasteiger partial charge is 0.784 e. The molecule has 6 N–H and O–H groups in total. The molecule has 0 heterocycles. The van der Waals surface area contributed by atoms with Crippen LogP contribution in [0.25, 0.3) is 0 Å². The minimum atomic E-state index is -3.11. The number of amides is 2. The second kappa shape index (κ2) is 20.0. The standard InChI is InChI=1S/C10H17N3O6S.2Na.H2O3S/c11-5(10(18)19)1-2-7(14)13-6(4-20)9(17)12-3-8(15)16;;;1-4(2)3/h5-6,20H,1-4,11H2,(H,12,17)(H,13,14)(H,15,16)(H,18,19);;;(H2,1,2,3)/q;2*+1;/p-2/t5-,6-;;;/m0.../s1. The van der Waals surface area contributed by atoms with Crippen molar-refractivity contribution in [3.63, 3.8) is 0 Å². The van der Waals surface area contributed by atoms with Gasteiger partial charge in [0.05, 0.1) is 0 Å². The molecular formula is C10H17N3Na2O9S2. The van der Waals surface area contributed by atoms with Crippen molar-refractivity contribution in [1.82, 2.24) is 10.6 Å². The van der Waals surface area contributed by atoms with Crippen LogP contribution in [0, 0.1) is 0 Å². The van der Waals surface area contributed by atoms with E-state index in [1.807, 2.05) is 0 Å². The summed E-state index contributed by atoms with van der Waals surface area (Å²) in [6, 6.07) is -2.15. The van der Waals surface area contributed by atoms with Gasteiger partial charge >= 0.3 is 71.1 Å². The van der Waals surface area contributed by atoms with Crippen LogP contribution in [0.5, 0.6) is 0 Å². The summed E-state index contributed by atoms with van der Waals surface area (Å²) in [5.41, 5.74) is 5.23. The Labute approximate surface area is 201 Å². The van der Waals surface area contributed by atoms with Crippen LogP contribution in [0.3, 0.4) is 0 Å². The topological polar surface area (TPSA) is 222 Å². The van der Waals surface area contributed by atoms with Gasteiger partial charge in [0.2, 0.25) is 11.8 Å². The summed E-state index contributed by atoms with van der Waals surface area (Å²) in [5.74, 6) is -3.70. The van der Waals surface area contributed by atoms with Gasteiger partial charge in [-0.05, 0) is 6.42 Å². The first-order valence-electron chi connectivity index (χ1n) is 6.16. The fraction of sp³-hybridized carbons (Fsp3) is 0.600. The van der Waals surface area contributed by atoms with E-state index in [-0.39, 0.29) is 77.7 Å². The maximum Gasteiger partial charge on any atom is 1.00 e. The van der Waals surface area contributed by atoms with E-state index >= 15 is 0 Å². The third-order valence-corrected chi connectivity index (χ3v) is 2.61. The molecule has 0 aliphatic carbocycles. The number of carbonyl (C=O) groups is 4. The van der Waals surface area contributed by atoms with Crippen LogP contribution in [0.2, 0.25) is 0 Å². The van der Waals surface area contributed by atoms with E-state index in [1.54, 1.807) is 0 Å². The van der Waals surface area contributed by atoms with Gasteiger partial charge in [-0.2, -0.15) is 12.6 Å². The zero-order valence-electron chi connectivity index (χ0n) is 14.2. The molecule has 0 aliphatic rings. The van der Waals surface area contributed by atoms with Crippen molar-refractivity contribution in [2.75, 3.05) is 12.3 Å². The average molecular weight is 433 g/mol. The van der Waals surface area contributed by atoms with Crippen molar-refractivity contribution < 1.29 is 102 Å². The molecule has 0 aliphatic heterocycles. The molecule has 2 atom stereocenters. The molecule has 0 saturated heterocycles. The summed E-state index contributed by atoms with van der Waals surface area (Å²) >= 11 is 0.763. The van der Waals surface area contributed by atoms with Gasteiger partial charge in [0.1, 0.15) is 18.6 Å². The van der Waals surface area contributed by atoms with Crippen molar-refractivity contribution >= 4 is 47.7 Å². The number of carboxylic acids is 2. The Balaban J connectivity index is -0.000000363. The Bertz CT molecular complexity index is 481. The van der Waals surface area contributed by atoms with E-state index in [1.165, 1.54) is 0 Å². The molecule has 0 saturated carbocycles. The van der Waals surface area contributed by atoms with Crippen molar-refractivity contribution in [3.8, 4) is 0 Å². The van der Waals surface area contributed by atoms with E-state index in [9.17, 15) is 19.2 Å². The van der Waals surface area contributed by atoms with Crippen molar-refractivity contribution in [3.05, 3.63) is 0 Å². The van der Waals surface area contributed by atoms with Gasteiger partial charge in [0, 0.05) is 12.2 Å². The van der Waals surface area contributed by atoms with Gasteiger partial charge in [-0.15, -0.1) is 11.4 Å². The maximum absolute atomic E-state index is 11.5. The summed E-state index contributed by atoms with van der Waals surface area (Å²) in [6.45, 7) is -0.567. The quantitative estimate of drug-likeness (QED) is 0.114. The van der Waals surface area contributed by atoms with E-state index in [2.05, 4.69) is 23.3 Å². The molecular weight excluding hydrogens is 416 g/mol. The predicted octanol–water partition coefficient (Wildman–Crippen LogP) is -9.20. The number of carbonyl (C=O) groups excluding carboxylic acids is 2. The Morgan fingerprint density at radius 3 is 1.96 bits per heavy atom. The van der Waals surface area contributed by atoms with E-state index < -0.39 is 53.7 Å². The first-order chi connectivity index (χ1) is 11.0. The molecule has 2 amide bonds. The molecule has 0 bridgehead atoms. The molecule has 0 spiro atoms. The monoisotopic (exact) mass is 433 g/mol. The SMILES string of the molecule is N[C@@H](CCC(=O)N[C@@H](CS)C(=O)NCC(=O)O)C(=O)O.O=S([O-])[O-].[Na+].[Na+]. The number of hydrogen-bond acceptors (Lipinski definition) is 9. The fourth-order valence-electron chi connectivity index (χ4n) is 1.16. The minimum absolute atomic E-state index is 0. The number of nitrogens with two attached hydrogens (primary N) is 1. The summed E-state index contributed by atoms with van der Waals surface area (Å²) < 4.78 is 25.3. The summed E-state index contributed by atoms with van der Waals surface area (Å²) in [5, 5.41) is 21.4. The number of rotatable bonds is 9. The van der Waals surface area contributed by atoms with Gasteiger partial charge in [-0.25, -0.2) is 0 Å². The first kappa shape index (κ1) is 33.8. The molecule has 0 aromatic rings. The van der Waals surface area contributed by atoms with Crippen LogP contribution in [-0.2, 0) is 30.5 Å². The van der Waals surface area contributed by atoms with Crippen LogP contribution in [0.1, 0.15) is 12.8 Å². The third kappa shape index (κ3) is 22.3. The average Bonchev–Trinajstić information content (AvgIpc) is 2.46. The second-order valence-corrected chi connectivity index (χ2v) is 4.88. The van der Waals surface area contributed by atoms with Crippen molar-refractivity contribution in [2.45, 2.75) is 24.9 Å². The van der Waals surface area contributed by atoms with Gasteiger partial charge < -0.3 is 35.7 Å². The summed E-state index contributed by atoms with van der Waals surface area (Å²) in [6.07, 6.45) is -0.235. The van der Waals surface area contributed by atoms with Crippen LogP contribution in [0.15, 0.2) is 0 Å². The third-order valence-electron chi connectivity index (χ3n) is 2.25. The number of nitrogens with one attached hydrogen (secondary N) is 2. The van der Waals surface area contributed by atoms with Crippen LogP contribution in [-0.4, -0.2) is 71.7 Å². The summed E-state index contributed by atoms with van der Waals surface area (Å²) in [7, 11) is 0. The number of aliphatic carboxylic acids is 2. The zero-order chi connectivity index (χ0) is 19.3. The van der Waals surface area contributed by atoms with Crippen LogP contribution in [0.4, 0.5) is 0 Å². The Morgan fingerprint density at radius 1 is 1.15 bits per heavy atom. The van der Waals surface area contributed by atoms with E-state index in [0.717, 1.165) is 0 Å². The molecule has 0 aromatic heterocycles. The number of hydrogen-bond donors (Lipinski definition) is 6. The first-order valence-corrected chi connectivity index (χ1v) is 7.79. The fourth-order valence-corrected chi connectivity index (χ4v) is 1.41. The van der Waals surface area contributed by atoms with Crippen molar-refractivity contribution in [1.29, 1.82) is 0 Å². The molecule has 0 aromatic carbocycles. The van der Waals surface area contributed by atoms with E-state index in [0.29, 0.717) is 0 Å². The van der Waals surface area contributed by atoms with Crippen molar-refractivity contribution in [2.24, 2.45) is 5.73 Å². The number of thiol groups is 1. The largest absolute Gasteiger partial charge is 1.00 e. The second-order valence-electron chi connectivity index (χ2n) is 4.10. The van der Waals surface area contributed by atoms with Crippen LogP contribution >= 0.6 is 12.6 Å². The van der Waals surface area contributed by atoms with E-state index in [4.69, 9.17) is 29.3 Å². The molecule has 0 radical (unpaired) electrons. The van der Waals surface area contributed by atoms with Gasteiger partial charge in [0.15, 0.2) is 0 Å². The van der Waals surface area contributed by atoms with Gasteiger partial charge in [-0.3, -0.25) is 23.4 Å². The molecule has 0 fully saturated rings.